The van der Waals surface area contributed by atoms with Crippen LogP contribution >= 0.6 is 11.3 Å². The molecular formula is C23H25N3O3S2. The first-order valence-corrected chi connectivity index (χ1v) is 13.0. The van der Waals surface area contributed by atoms with Crippen LogP contribution in [0.4, 0.5) is 9.93 Å². The molecule has 162 valence electrons. The highest BCUT2D eigenvalue weighted by Gasteiger charge is 2.12. The van der Waals surface area contributed by atoms with Crippen molar-refractivity contribution in [1.29, 1.82) is 0 Å². The fourth-order valence-electron chi connectivity index (χ4n) is 3.67. The number of benzene rings is 2. The highest BCUT2D eigenvalue weighted by atomic mass is 32.2. The summed E-state index contributed by atoms with van der Waals surface area (Å²) < 4.78 is 24.6. The van der Waals surface area contributed by atoms with Crippen LogP contribution in [0.25, 0.3) is 21.3 Å². The Hall–Kier alpha value is -2.71. The number of aromatic nitrogens is 1. The van der Waals surface area contributed by atoms with Crippen molar-refractivity contribution in [1.82, 2.24) is 10.3 Å². The number of hydrogen-bond acceptors (Lipinski definition) is 5. The van der Waals surface area contributed by atoms with Crippen molar-refractivity contribution in [3.8, 4) is 11.1 Å². The molecule has 2 N–H and O–H groups in total. The topological polar surface area (TPSA) is 88.2 Å². The largest absolute Gasteiger partial charge is 0.337 e. The second-order valence-electron chi connectivity index (χ2n) is 7.74. The van der Waals surface area contributed by atoms with Crippen LogP contribution < -0.4 is 10.6 Å². The minimum atomic E-state index is -3.27. The number of anilines is 1. The Morgan fingerprint density at radius 3 is 2.74 bits per heavy atom. The van der Waals surface area contributed by atoms with Crippen LogP contribution in [0.15, 0.2) is 59.0 Å². The minimum absolute atomic E-state index is 0.253. The van der Waals surface area contributed by atoms with Gasteiger partial charge in [-0.3, -0.25) is 5.32 Å². The summed E-state index contributed by atoms with van der Waals surface area (Å²) in [5.74, 6) is 0. The molecular weight excluding hydrogens is 430 g/mol. The van der Waals surface area contributed by atoms with E-state index in [1.54, 1.807) is 18.2 Å². The normalized spacial score (nSPS) is 14.3. The summed E-state index contributed by atoms with van der Waals surface area (Å²) >= 11 is 1.39. The molecule has 0 bridgehead atoms. The van der Waals surface area contributed by atoms with Gasteiger partial charge in [0.2, 0.25) is 0 Å². The molecule has 0 unspecified atom stereocenters. The van der Waals surface area contributed by atoms with Gasteiger partial charge in [0, 0.05) is 12.8 Å². The molecule has 1 aliphatic rings. The van der Waals surface area contributed by atoms with Gasteiger partial charge in [0.25, 0.3) is 0 Å². The van der Waals surface area contributed by atoms with Gasteiger partial charge in [-0.05, 0) is 67.5 Å². The maximum atomic E-state index is 12.2. The molecule has 2 amide bonds. The number of nitrogens with zero attached hydrogens (tertiary/aromatic N) is 1. The number of urea groups is 1. The fourth-order valence-corrected chi connectivity index (χ4v) is 5.24. The van der Waals surface area contributed by atoms with Gasteiger partial charge in [-0.1, -0.05) is 41.2 Å². The monoisotopic (exact) mass is 455 g/mol. The summed E-state index contributed by atoms with van der Waals surface area (Å²) in [6.07, 6.45) is 9.17. The molecule has 8 heteroatoms. The zero-order valence-corrected chi connectivity index (χ0v) is 19.0. The predicted octanol–water partition coefficient (Wildman–Crippen LogP) is 5.38. The second kappa shape index (κ2) is 9.20. The van der Waals surface area contributed by atoms with Crippen molar-refractivity contribution in [2.75, 3.05) is 18.1 Å². The molecule has 1 aliphatic carbocycles. The molecule has 0 radical (unpaired) electrons. The number of hydrogen-bond donors (Lipinski definition) is 2. The van der Waals surface area contributed by atoms with E-state index >= 15 is 0 Å². The number of carbonyl (C=O) groups excluding carboxylic acids is 1. The molecule has 0 saturated carbocycles. The van der Waals surface area contributed by atoms with Crippen molar-refractivity contribution < 1.29 is 13.2 Å². The molecule has 2 aromatic carbocycles. The lowest BCUT2D eigenvalue weighted by molar-refractivity contribution is 0.252. The molecule has 1 heterocycles. The van der Waals surface area contributed by atoms with Gasteiger partial charge in [0.15, 0.2) is 15.0 Å². The lowest BCUT2D eigenvalue weighted by atomic mass is 9.97. The average Bonchev–Trinajstić information content (AvgIpc) is 3.15. The molecule has 3 aromatic rings. The maximum absolute atomic E-state index is 12.2. The molecule has 0 saturated heterocycles. The van der Waals surface area contributed by atoms with E-state index in [1.165, 1.54) is 36.0 Å². The van der Waals surface area contributed by atoms with E-state index in [2.05, 4.69) is 21.7 Å². The highest BCUT2D eigenvalue weighted by Crippen LogP contribution is 2.31. The van der Waals surface area contributed by atoms with E-state index in [4.69, 9.17) is 0 Å². The molecule has 31 heavy (non-hydrogen) atoms. The van der Waals surface area contributed by atoms with Crippen LogP contribution in [0, 0.1) is 0 Å². The third-order valence-corrected chi connectivity index (χ3v) is 7.36. The zero-order valence-electron chi connectivity index (χ0n) is 17.3. The van der Waals surface area contributed by atoms with Crippen molar-refractivity contribution in [3.63, 3.8) is 0 Å². The van der Waals surface area contributed by atoms with Gasteiger partial charge in [-0.25, -0.2) is 18.2 Å². The van der Waals surface area contributed by atoms with Gasteiger partial charge < -0.3 is 5.32 Å². The maximum Gasteiger partial charge on any atom is 0.321 e. The SMILES string of the molecule is CS(=O)(=O)c1cccc(-c2ccc3nc(NC(=O)NCCC4=CCCCC4)sc3c2)c1. The van der Waals surface area contributed by atoms with E-state index in [0.717, 1.165) is 40.6 Å². The van der Waals surface area contributed by atoms with E-state index in [1.807, 2.05) is 24.3 Å². The lowest BCUT2D eigenvalue weighted by Gasteiger charge is -2.12. The Morgan fingerprint density at radius 2 is 1.97 bits per heavy atom. The number of thiazole rings is 1. The van der Waals surface area contributed by atoms with Gasteiger partial charge in [-0.15, -0.1) is 0 Å². The van der Waals surface area contributed by atoms with E-state index < -0.39 is 9.84 Å². The number of sulfone groups is 1. The van der Waals surface area contributed by atoms with Crippen molar-refractivity contribution in [2.45, 2.75) is 37.0 Å². The number of allylic oxidation sites excluding steroid dienone is 1. The molecule has 0 spiro atoms. The van der Waals surface area contributed by atoms with Gasteiger partial charge in [-0.2, -0.15) is 0 Å². The summed E-state index contributed by atoms with van der Waals surface area (Å²) in [5, 5.41) is 6.25. The van der Waals surface area contributed by atoms with Crippen LogP contribution in [-0.4, -0.2) is 32.2 Å². The van der Waals surface area contributed by atoms with Crippen LogP contribution in [0.1, 0.15) is 32.1 Å². The summed E-state index contributed by atoms with van der Waals surface area (Å²) in [6, 6.07) is 12.4. The Morgan fingerprint density at radius 1 is 1.13 bits per heavy atom. The zero-order chi connectivity index (χ0) is 21.8. The number of carbonyl (C=O) groups is 1. The van der Waals surface area contributed by atoms with Gasteiger partial charge in [0.1, 0.15) is 0 Å². The number of amides is 2. The van der Waals surface area contributed by atoms with E-state index in [-0.39, 0.29) is 10.9 Å². The predicted molar refractivity (Wildman–Crippen MR) is 126 cm³/mol. The molecule has 0 aliphatic heterocycles. The number of fused-ring (bicyclic) bond motifs is 1. The quantitative estimate of drug-likeness (QED) is 0.489. The first kappa shape index (κ1) is 21.5. The molecule has 4 rings (SSSR count). The molecule has 6 nitrogen and oxygen atoms in total. The smallest absolute Gasteiger partial charge is 0.321 e. The van der Waals surface area contributed by atoms with Gasteiger partial charge in [0.05, 0.1) is 15.1 Å². The number of nitrogens with one attached hydrogen (secondary N) is 2. The summed E-state index contributed by atoms with van der Waals surface area (Å²) in [4.78, 5) is 17.0. The average molecular weight is 456 g/mol. The minimum Gasteiger partial charge on any atom is -0.337 e. The molecule has 0 atom stereocenters. The fraction of sp³-hybridized carbons (Fsp3) is 0.304. The first-order valence-electron chi connectivity index (χ1n) is 10.3. The van der Waals surface area contributed by atoms with Gasteiger partial charge >= 0.3 is 6.03 Å². The number of rotatable bonds is 6. The summed E-state index contributed by atoms with van der Waals surface area (Å²) in [6.45, 7) is 0.614. The van der Waals surface area contributed by atoms with Crippen LogP contribution in [0.3, 0.4) is 0 Å². The Bertz CT molecular complexity index is 1250. The van der Waals surface area contributed by atoms with Crippen molar-refractivity contribution >= 4 is 42.6 Å². The highest BCUT2D eigenvalue weighted by molar-refractivity contribution is 7.90. The first-order chi connectivity index (χ1) is 14.9. The molecule has 1 aromatic heterocycles. The van der Waals surface area contributed by atoms with Crippen LogP contribution in [0.5, 0.6) is 0 Å². The Labute approximate surface area is 186 Å². The molecule has 0 fully saturated rings. The second-order valence-corrected chi connectivity index (χ2v) is 10.8. The summed E-state index contributed by atoms with van der Waals surface area (Å²) in [5.41, 5.74) is 3.94. The van der Waals surface area contributed by atoms with E-state index in [9.17, 15) is 13.2 Å². The third-order valence-electron chi connectivity index (χ3n) is 5.32. The van der Waals surface area contributed by atoms with Crippen LogP contribution in [0.2, 0.25) is 0 Å². The lowest BCUT2D eigenvalue weighted by Crippen LogP contribution is -2.29. The van der Waals surface area contributed by atoms with Crippen molar-refractivity contribution in [3.05, 3.63) is 54.1 Å². The van der Waals surface area contributed by atoms with Crippen LogP contribution in [-0.2, 0) is 9.84 Å². The Kier molecular flexibility index (Phi) is 6.38. The van der Waals surface area contributed by atoms with E-state index in [0.29, 0.717) is 11.7 Å². The third kappa shape index (κ3) is 5.51. The van der Waals surface area contributed by atoms with Crippen molar-refractivity contribution in [2.24, 2.45) is 0 Å². The Balaban J connectivity index is 1.43. The standard InChI is InChI=1S/C23H25N3O3S2/c1-31(28,29)19-9-5-8-17(14-19)18-10-11-20-21(15-18)30-23(25-20)26-22(27)24-13-12-16-6-3-2-4-7-16/h5-6,8-11,14-15H,2-4,7,12-13H2,1H3,(H2,24,25,26,27). The summed E-state index contributed by atoms with van der Waals surface area (Å²) in [7, 11) is -3.27.